The summed E-state index contributed by atoms with van der Waals surface area (Å²) in [5.41, 5.74) is 0. The molecular formula is C25H46N4O2. The van der Waals surface area contributed by atoms with Gasteiger partial charge in [-0.1, -0.05) is 13.8 Å². The van der Waals surface area contributed by atoms with Gasteiger partial charge in [-0.25, -0.2) is 0 Å². The molecule has 3 rings (SSSR count). The molecule has 0 spiro atoms. The maximum atomic E-state index is 12.9. The normalized spacial score (nSPS) is 33.1. The lowest BCUT2D eigenvalue weighted by Gasteiger charge is -2.41. The van der Waals surface area contributed by atoms with Crippen LogP contribution in [0.4, 0.5) is 0 Å². The molecule has 1 aliphatic heterocycles. The fraction of sp³-hybridized carbons (Fsp3) is 0.920. The summed E-state index contributed by atoms with van der Waals surface area (Å²) in [5, 5.41) is 0. The first kappa shape index (κ1) is 24.5. The van der Waals surface area contributed by atoms with E-state index in [9.17, 15) is 9.59 Å². The van der Waals surface area contributed by atoms with Gasteiger partial charge < -0.3 is 9.80 Å². The Kier molecular flexibility index (Phi) is 8.80. The van der Waals surface area contributed by atoms with Crippen LogP contribution >= 0.6 is 0 Å². The smallest absolute Gasteiger partial charge is 0.236 e. The van der Waals surface area contributed by atoms with Crippen molar-refractivity contribution in [2.75, 3.05) is 46.8 Å². The minimum absolute atomic E-state index is 0.252. The Labute approximate surface area is 190 Å². The minimum atomic E-state index is 0.252. The molecule has 31 heavy (non-hydrogen) atoms. The van der Waals surface area contributed by atoms with E-state index in [1.807, 2.05) is 23.9 Å². The Bertz CT molecular complexity index is 596. The summed E-state index contributed by atoms with van der Waals surface area (Å²) in [7, 11) is 3.98. The van der Waals surface area contributed by atoms with Crippen molar-refractivity contribution in [3.8, 4) is 0 Å². The predicted octanol–water partition coefficient (Wildman–Crippen LogP) is 3.07. The van der Waals surface area contributed by atoms with E-state index in [4.69, 9.17) is 0 Å². The first-order valence-electron chi connectivity index (χ1n) is 12.7. The Balaban J connectivity index is 1.41. The van der Waals surface area contributed by atoms with Gasteiger partial charge in [0.15, 0.2) is 0 Å². The summed E-state index contributed by atoms with van der Waals surface area (Å²) >= 11 is 0. The molecule has 0 aromatic heterocycles. The zero-order chi connectivity index (χ0) is 22.5. The lowest BCUT2D eigenvalue weighted by molar-refractivity contribution is -0.137. The molecule has 6 nitrogen and oxygen atoms in total. The molecule has 0 radical (unpaired) electrons. The monoisotopic (exact) mass is 434 g/mol. The number of hydrogen-bond donors (Lipinski definition) is 0. The molecule has 2 aliphatic carbocycles. The van der Waals surface area contributed by atoms with Crippen LogP contribution in [0.3, 0.4) is 0 Å². The Morgan fingerprint density at radius 3 is 1.61 bits per heavy atom. The highest BCUT2D eigenvalue weighted by Crippen LogP contribution is 2.27. The number of likely N-dealkylation sites (N-methyl/N-ethyl adjacent to an activating group) is 2. The van der Waals surface area contributed by atoms with E-state index in [-0.39, 0.29) is 11.8 Å². The third-order valence-corrected chi connectivity index (χ3v) is 8.40. The quantitative estimate of drug-likeness (QED) is 0.645. The van der Waals surface area contributed by atoms with Gasteiger partial charge in [0.05, 0.1) is 13.1 Å². The molecule has 0 N–H and O–H groups in total. The molecule has 1 unspecified atom stereocenters. The van der Waals surface area contributed by atoms with Gasteiger partial charge in [-0.2, -0.15) is 0 Å². The van der Waals surface area contributed by atoms with E-state index in [2.05, 4.69) is 30.6 Å². The van der Waals surface area contributed by atoms with E-state index in [0.717, 1.165) is 57.2 Å². The molecule has 0 aromatic carbocycles. The van der Waals surface area contributed by atoms with Crippen molar-refractivity contribution in [2.45, 2.75) is 90.3 Å². The van der Waals surface area contributed by atoms with Crippen molar-refractivity contribution < 1.29 is 9.59 Å². The van der Waals surface area contributed by atoms with Crippen molar-refractivity contribution in [2.24, 2.45) is 11.8 Å². The summed E-state index contributed by atoms with van der Waals surface area (Å²) in [4.78, 5) is 34.3. The van der Waals surface area contributed by atoms with Crippen LogP contribution in [-0.4, -0.2) is 96.4 Å². The maximum absolute atomic E-state index is 12.9. The van der Waals surface area contributed by atoms with Crippen molar-refractivity contribution in [1.82, 2.24) is 19.6 Å². The topological polar surface area (TPSA) is 47.1 Å². The van der Waals surface area contributed by atoms with Gasteiger partial charge in [0.1, 0.15) is 0 Å². The zero-order valence-corrected chi connectivity index (χ0v) is 20.7. The van der Waals surface area contributed by atoms with Crippen molar-refractivity contribution >= 4 is 11.8 Å². The first-order chi connectivity index (χ1) is 14.7. The molecule has 2 saturated carbocycles. The van der Waals surface area contributed by atoms with E-state index < -0.39 is 0 Å². The zero-order valence-electron chi connectivity index (χ0n) is 20.7. The summed E-state index contributed by atoms with van der Waals surface area (Å²) in [6, 6.07) is 1.13. The van der Waals surface area contributed by atoms with E-state index >= 15 is 0 Å². The lowest BCUT2D eigenvalue weighted by Crippen LogP contribution is -2.57. The molecule has 0 aromatic rings. The highest BCUT2D eigenvalue weighted by molar-refractivity contribution is 5.79. The highest BCUT2D eigenvalue weighted by atomic mass is 16.2. The average molecular weight is 435 g/mol. The van der Waals surface area contributed by atoms with Gasteiger partial charge in [0.25, 0.3) is 0 Å². The van der Waals surface area contributed by atoms with Gasteiger partial charge in [0, 0.05) is 51.9 Å². The van der Waals surface area contributed by atoms with Gasteiger partial charge >= 0.3 is 0 Å². The average Bonchev–Trinajstić information content (AvgIpc) is 2.75. The van der Waals surface area contributed by atoms with Crippen LogP contribution in [0.5, 0.6) is 0 Å². The second-order valence-electron chi connectivity index (χ2n) is 10.9. The van der Waals surface area contributed by atoms with E-state index in [1.165, 1.54) is 25.7 Å². The van der Waals surface area contributed by atoms with E-state index in [0.29, 0.717) is 31.2 Å². The van der Waals surface area contributed by atoms with Crippen molar-refractivity contribution in [3.63, 3.8) is 0 Å². The van der Waals surface area contributed by atoms with Gasteiger partial charge in [-0.3, -0.25) is 19.4 Å². The predicted molar refractivity (Wildman–Crippen MR) is 126 cm³/mol. The lowest BCUT2D eigenvalue weighted by atomic mass is 9.87. The summed E-state index contributed by atoms with van der Waals surface area (Å²) in [6.07, 6.45) is 9.51. The summed E-state index contributed by atoms with van der Waals surface area (Å²) in [5.74, 6) is 2.11. The van der Waals surface area contributed by atoms with Crippen LogP contribution in [0.2, 0.25) is 0 Å². The fourth-order valence-electron chi connectivity index (χ4n) is 5.70. The maximum Gasteiger partial charge on any atom is 0.236 e. The van der Waals surface area contributed by atoms with Crippen LogP contribution in [0.25, 0.3) is 0 Å². The number of hydrogen-bond acceptors (Lipinski definition) is 4. The van der Waals surface area contributed by atoms with Crippen LogP contribution in [0, 0.1) is 11.8 Å². The number of amides is 2. The van der Waals surface area contributed by atoms with Gasteiger partial charge in [0.2, 0.25) is 11.8 Å². The molecule has 178 valence electrons. The van der Waals surface area contributed by atoms with Crippen molar-refractivity contribution in [3.05, 3.63) is 0 Å². The largest absolute Gasteiger partial charge is 0.342 e. The number of piperazine rings is 1. The summed E-state index contributed by atoms with van der Waals surface area (Å²) < 4.78 is 0. The highest BCUT2D eigenvalue weighted by Gasteiger charge is 2.31. The second-order valence-corrected chi connectivity index (χ2v) is 10.9. The third kappa shape index (κ3) is 6.67. The Morgan fingerprint density at radius 1 is 0.710 bits per heavy atom. The molecule has 2 amide bonds. The first-order valence-corrected chi connectivity index (χ1v) is 12.7. The molecule has 3 fully saturated rings. The van der Waals surface area contributed by atoms with Crippen molar-refractivity contribution in [1.29, 1.82) is 0 Å². The molecule has 3 aliphatic rings. The summed E-state index contributed by atoms with van der Waals surface area (Å²) in [6.45, 7) is 10.4. The standard InChI is InChI=1S/C25H46N4O2/c1-19-6-10-22(11-7-19)26(4)24(30)17-28-14-15-29(21(3)16-28)18-25(31)27(5)23-12-8-20(2)9-13-23/h19-23H,6-18H2,1-5H3. The Hall–Kier alpha value is -1.14. The Morgan fingerprint density at radius 2 is 1.16 bits per heavy atom. The second kappa shape index (κ2) is 11.1. The number of nitrogens with zero attached hydrogens (tertiary/aromatic N) is 4. The minimum Gasteiger partial charge on any atom is -0.342 e. The fourth-order valence-corrected chi connectivity index (χ4v) is 5.70. The number of carbonyl (C=O) groups is 2. The molecule has 6 heteroatoms. The van der Waals surface area contributed by atoms with Gasteiger partial charge in [-0.05, 0) is 70.1 Å². The van der Waals surface area contributed by atoms with Crippen LogP contribution < -0.4 is 0 Å². The van der Waals surface area contributed by atoms with Crippen LogP contribution in [0.1, 0.15) is 72.1 Å². The number of rotatable bonds is 6. The SMILES string of the molecule is CC1CCC(N(C)C(=O)CN2CCN(CC(=O)N(C)C3CCC(C)CC3)C(C)C2)CC1. The van der Waals surface area contributed by atoms with Gasteiger partial charge in [-0.15, -0.1) is 0 Å². The molecule has 0 bridgehead atoms. The molecule has 1 saturated heterocycles. The molecule has 1 heterocycles. The van der Waals surface area contributed by atoms with E-state index in [1.54, 1.807) is 0 Å². The molecular weight excluding hydrogens is 388 g/mol. The third-order valence-electron chi connectivity index (χ3n) is 8.40. The van der Waals surface area contributed by atoms with Crippen LogP contribution in [0.15, 0.2) is 0 Å². The number of carbonyl (C=O) groups excluding carboxylic acids is 2. The van der Waals surface area contributed by atoms with Crippen LogP contribution in [-0.2, 0) is 9.59 Å². The molecule has 1 atom stereocenters.